The van der Waals surface area contributed by atoms with Crippen LogP contribution in [0.4, 0.5) is 25.0 Å². The van der Waals surface area contributed by atoms with E-state index in [0.717, 1.165) is 0 Å². The lowest BCUT2D eigenvalue weighted by Crippen LogP contribution is -2.47. The Kier molecular flexibility index (Phi) is 8.29. The predicted octanol–water partition coefficient (Wildman–Crippen LogP) is 2.93. The van der Waals surface area contributed by atoms with E-state index >= 15 is 0 Å². The number of imidazole rings is 1. The van der Waals surface area contributed by atoms with Gasteiger partial charge >= 0.3 is 12.0 Å². The molecule has 2 bridgehead atoms. The zero-order valence-corrected chi connectivity index (χ0v) is 23.0. The maximum atomic E-state index is 14.8. The van der Waals surface area contributed by atoms with Crippen molar-refractivity contribution < 1.29 is 27.9 Å². The fourth-order valence-corrected chi connectivity index (χ4v) is 4.35. The van der Waals surface area contributed by atoms with E-state index in [1.54, 1.807) is 24.3 Å². The number of H-pyrrole nitrogens is 1. The molecule has 2 aromatic heterocycles. The van der Waals surface area contributed by atoms with Crippen LogP contribution in [0.15, 0.2) is 55.0 Å². The molecular formula is C26H23ClF2N10O4. The summed E-state index contributed by atoms with van der Waals surface area (Å²) in [6, 6.07) is 8.42. The number of hydrogen-bond donors (Lipinski definition) is 5. The maximum Gasteiger partial charge on any atom is 0.411 e. The largest absolute Gasteiger partial charge is 0.453 e. The first kappa shape index (κ1) is 29.1. The first-order chi connectivity index (χ1) is 20.6. The van der Waals surface area contributed by atoms with Gasteiger partial charge in [0.15, 0.2) is 0 Å². The van der Waals surface area contributed by atoms with E-state index in [1.807, 2.05) is 0 Å². The van der Waals surface area contributed by atoms with Crippen molar-refractivity contribution in [2.24, 2.45) is 0 Å². The minimum atomic E-state index is -3.82. The van der Waals surface area contributed by atoms with Crippen LogP contribution in [0.5, 0.6) is 0 Å². The molecule has 1 aliphatic heterocycles. The van der Waals surface area contributed by atoms with Gasteiger partial charge in [0.2, 0.25) is 5.91 Å². The fraction of sp³-hybridized carbons (Fsp3) is 0.192. The fourth-order valence-electron chi connectivity index (χ4n) is 4.17. The summed E-state index contributed by atoms with van der Waals surface area (Å²) < 4.78 is 35.6. The summed E-state index contributed by atoms with van der Waals surface area (Å²) in [5.74, 6) is -5.80. The molecule has 17 heteroatoms. The number of alkyl halides is 2. The Hall–Kier alpha value is -5.38. The van der Waals surface area contributed by atoms with Crippen LogP contribution in [-0.2, 0) is 14.3 Å². The third kappa shape index (κ3) is 6.75. The lowest BCUT2D eigenvalue weighted by molar-refractivity contribution is -0.143. The predicted molar refractivity (Wildman–Crippen MR) is 151 cm³/mol. The van der Waals surface area contributed by atoms with Gasteiger partial charge in [-0.05, 0) is 52.9 Å². The normalized spacial score (nSPS) is 16.2. The number of tetrazole rings is 1. The molecular weight excluding hydrogens is 590 g/mol. The molecule has 3 heterocycles. The second-order valence-corrected chi connectivity index (χ2v) is 9.62. The number of carbonyl (C=O) groups excluding carboxylic acids is 3. The standard InChI is InChI=1S/C26H23ClF2N10O4/c1-43-25(42)34-16-4-5-17-18(9-16)32-12-26(28,29)24(41)31-11-20(23-30-10-19(17)36-23)35-22(40)7-2-14-8-15(27)3-6-21(14)39-13-33-37-38-39/h2-10,13,20,32H,11-12H2,1H3,(H,30,36)(H,31,41)(H,34,42)(H,35,40)/b7-2+/t20-/m0/s1. The van der Waals surface area contributed by atoms with Crippen molar-refractivity contribution in [1.29, 1.82) is 0 Å². The van der Waals surface area contributed by atoms with Crippen molar-refractivity contribution in [3.63, 3.8) is 0 Å². The summed E-state index contributed by atoms with van der Waals surface area (Å²) in [4.78, 5) is 44.5. The number of hydrogen-bond acceptors (Lipinski definition) is 9. The molecule has 2 aromatic carbocycles. The molecule has 0 saturated heterocycles. The molecule has 0 radical (unpaired) electrons. The molecule has 5 N–H and O–H groups in total. The van der Waals surface area contributed by atoms with Gasteiger partial charge in [-0.3, -0.25) is 14.9 Å². The molecule has 1 atom stereocenters. The van der Waals surface area contributed by atoms with Gasteiger partial charge in [0.1, 0.15) is 18.2 Å². The average molecular weight is 613 g/mol. The van der Waals surface area contributed by atoms with Crippen molar-refractivity contribution in [2.45, 2.75) is 12.0 Å². The molecule has 0 fully saturated rings. The van der Waals surface area contributed by atoms with Crippen molar-refractivity contribution >= 4 is 47.0 Å². The highest BCUT2D eigenvalue weighted by Gasteiger charge is 2.39. The van der Waals surface area contributed by atoms with E-state index in [4.69, 9.17) is 11.6 Å². The monoisotopic (exact) mass is 612 g/mol. The van der Waals surface area contributed by atoms with E-state index < -0.39 is 36.4 Å². The molecule has 14 nitrogen and oxygen atoms in total. The number of fused-ring (bicyclic) bond motifs is 4. The molecule has 222 valence electrons. The zero-order valence-electron chi connectivity index (χ0n) is 22.3. The Balaban J connectivity index is 1.43. The van der Waals surface area contributed by atoms with Gasteiger partial charge in [0.25, 0.3) is 5.91 Å². The van der Waals surface area contributed by atoms with Crippen molar-refractivity contribution in [1.82, 2.24) is 40.8 Å². The van der Waals surface area contributed by atoms with E-state index in [1.165, 1.54) is 48.6 Å². The summed E-state index contributed by atoms with van der Waals surface area (Å²) in [6.45, 7) is -1.43. The Labute approximate surface area is 246 Å². The number of rotatable bonds is 5. The van der Waals surface area contributed by atoms with E-state index in [9.17, 15) is 23.2 Å². The highest BCUT2D eigenvalue weighted by molar-refractivity contribution is 6.30. The molecule has 0 saturated carbocycles. The molecule has 43 heavy (non-hydrogen) atoms. The summed E-state index contributed by atoms with van der Waals surface area (Å²) in [6.07, 6.45) is 4.78. The number of halogens is 3. The minimum Gasteiger partial charge on any atom is -0.453 e. The number of nitrogens with zero attached hydrogens (tertiary/aromatic N) is 5. The number of aromatic amines is 1. The quantitative estimate of drug-likeness (QED) is 0.212. The maximum absolute atomic E-state index is 14.8. The first-order valence-corrected chi connectivity index (χ1v) is 13.0. The zero-order chi connectivity index (χ0) is 30.6. The van der Waals surface area contributed by atoms with Crippen LogP contribution in [0.3, 0.4) is 0 Å². The number of carbonyl (C=O) groups is 3. The molecule has 3 amide bonds. The van der Waals surface area contributed by atoms with Gasteiger partial charge in [0.05, 0.1) is 31.2 Å². The van der Waals surface area contributed by atoms with Crippen molar-refractivity contribution in [3.05, 3.63) is 71.4 Å². The van der Waals surface area contributed by atoms with Crippen molar-refractivity contribution in [3.8, 4) is 16.9 Å². The van der Waals surface area contributed by atoms with E-state index in [-0.39, 0.29) is 23.7 Å². The summed E-state index contributed by atoms with van der Waals surface area (Å²) >= 11 is 6.13. The van der Waals surface area contributed by atoms with Gasteiger partial charge in [-0.2, -0.15) is 13.5 Å². The number of nitrogens with one attached hydrogen (secondary N) is 5. The molecule has 1 aliphatic rings. The smallest absolute Gasteiger partial charge is 0.411 e. The van der Waals surface area contributed by atoms with Crippen molar-refractivity contribution in [2.75, 3.05) is 30.8 Å². The van der Waals surface area contributed by atoms with Gasteiger partial charge in [-0.1, -0.05) is 11.6 Å². The highest BCUT2D eigenvalue weighted by atomic mass is 35.5. The van der Waals surface area contributed by atoms with Gasteiger partial charge in [-0.15, -0.1) is 5.10 Å². The average Bonchev–Trinajstić information content (AvgIpc) is 3.70. The third-order valence-electron chi connectivity index (χ3n) is 6.28. The highest BCUT2D eigenvalue weighted by Crippen LogP contribution is 2.32. The van der Waals surface area contributed by atoms with E-state index in [0.29, 0.717) is 27.5 Å². The molecule has 5 rings (SSSR count). The number of anilines is 2. The molecule has 0 aliphatic carbocycles. The topological polar surface area (TPSA) is 181 Å². The summed E-state index contributed by atoms with van der Waals surface area (Å²) in [5.41, 5.74) is 2.36. The number of methoxy groups -OCH3 is 1. The number of amides is 3. The number of ether oxygens (including phenoxy) is 1. The second kappa shape index (κ2) is 12.2. The van der Waals surface area contributed by atoms with Crippen LogP contribution in [0.25, 0.3) is 23.0 Å². The molecule has 4 aromatic rings. The Bertz CT molecular complexity index is 1690. The van der Waals surface area contributed by atoms with Crippen LogP contribution < -0.4 is 21.3 Å². The van der Waals surface area contributed by atoms with Gasteiger partial charge in [0, 0.05) is 40.1 Å². The number of aromatic nitrogens is 6. The lowest BCUT2D eigenvalue weighted by Gasteiger charge is -2.22. The minimum absolute atomic E-state index is 0.181. The van der Waals surface area contributed by atoms with Crippen LogP contribution in [0.2, 0.25) is 5.02 Å². The first-order valence-electron chi connectivity index (χ1n) is 12.6. The number of benzene rings is 2. The Morgan fingerprint density at radius 3 is 2.81 bits per heavy atom. The van der Waals surface area contributed by atoms with Gasteiger partial charge < -0.3 is 25.7 Å². The second-order valence-electron chi connectivity index (χ2n) is 9.18. The Morgan fingerprint density at radius 2 is 2.05 bits per heavy atom. The van der Waals surface area contributed by atoms with Crippen LogP contribution in [0, 0.1) is 0 Å². The summed E-state index contributed by atoms with van der Waals surface area (Å²) in [7, 11) is 1.18. The third-order valence-corrected chi connectivity index (χ3v) is 6.52. The molecule has 0 unspecified atom stereocenters. The van der Waals surface area contributed by atoms with Crippen LogP contribution >= 0.6 is 11.6 Å². The van der Waals surface area contributed by atoms with Gasteiger partial charge in [-0.25, -0.2) is 9.78 Å². The lowest BCUT2D eigenvalue weighted by atomic mass is 10.1. The summed E-state index contributed by atoms with van der Waals surface area (Å²) in [5, 5.41) is 21.4. The molecule has 0 spiro atoms. The SMILES string of the molecule is COC(=O)Nc1ccc2c(c1)NCC(F)(F)C(=O)NC[C@H](NC(=O)/C=C/c1cc(Cl)ccc1-n1cnnn1)c1ncc-2[nH]1. The van der Waals surface area contributed by atoms with E-state index in [2.05, 4.69) is 51.5 Å². The van der Waals surface area contributed by atoms with Crippen LogP contribution in [0.1, 0.15) is 17.4 Å². The van der Waals surface area contributed by atoms with Crippen LogP contribution in [-0.4, -0.2) is 74.2 Å². The Morgan fingerprint density at radius 1 is 1.21 bits per heavy atom.